The smallest absolute Gasteiger partial charge is 0.385 e. The van der Waals surface area contributed by atoms with Crippen molar-refractivity contribution in [1.29, 1.82) is 0 Å². The van der Waals surface area contributed by atoms with Crippen LogP contribution in [0.1, 0.15) is 50.2 Å². The van der Waals surface area contributed by atoms with Gasteiger partial charge in [0, 0.05) is 25.0 Å². The minimum Gasteiger partial charge on any atom is -0.385 e. The van der Waals surface area contributed by atoms with Crippen molar-refractivity contribution in [2.75, 3.05) is 6.54 Å². The van der Waals surface area contributed by atoms with E-state index in [1.54, 1.807) is 6.92 Å². The van der Waals surface area contributed by atoms with Gasteiger partial charge >= 0.3 is 12.1 Å². The number of hydrogen-bond donors (Lipinski definition) is 2. The Morgan fingerprint density at radius 3 is 2.56 bits per heavy atom. The van der Waals surface area contributed by atoms with Gasteiger partial charge in [-0.25, -0.2) is 4.98 Å². The molecule has 0 bridgehead atoms. The van der Waals surface area contributed by atoms with Crippen LogP contribution in [-0.2, 0) is 4.79 Å². The number of aromatic nitrogens is 3. The number of aryl methyl sites for hydroxylation is 1. The Balaban J connectivity index is 0.00000151. The number of carbonyl (C=O) groups excluding carboxylic acids is 1. The van der Waals surface area contributed by atoms with Crippen LogP contribution >= 0.6 is 0 Å². The fraction of sp³-hybridized carbons (Fsp3) is 0.533. The Morgan fingerprint density at radius 1 is 1.44 bits per heavy atom. The van der Waals surface area contributed by atoms with Gasteiger partial charge in [0.05, 0.1) is 6.04 Å². The molecule has 0 saturated carbocycles. The van der Waals surface area contributed by atoms with E-state index in [1.165, 1.54) is 30.0 Å². The molecule has 1 unspecified atom stereocenters. The summed E-state index contributed by atoms with van der Waals surface area (Å²) < 4.78 is 43.4. The topological polar surface area (TPSA) is 93.2 Å². The monoisotopic (exact) mass is 362 g/mol. The molecule has 2 aromatic heterocycles. The lowest BCUT2D eigenvalue weighted by atomic mass is 10.1. The van der Waals surface area contributed by atoms with E-state index in [2.05, 4.69) is 10.1 Å². The number of aliphatic hydroxyl groups excluding tert-OH is 1. The summed E-state index contributed by atoms with van der Waals surface area (Å²) in [4.78, 5) is 15.0. The second-order valence-corrected chi connectivity index (χ2v) is 4.95. The van der Waals surface area contributed by atoms with Crippen LogP contribution in [0, 0.1) is 6.92 Å². The molecule has 0 fully saturated rings. The third-order valence-corrected chi connectivity index (χ3v) is 3.11. The molecule has 2 N–H and O–H groups in total. The first kappa shape index (κ1) is 20.7. The Labute approximate surface area is 142 Å². The minimum absolute atomic E-state index is 0.233. The summed E-state index contributed by atoms with van der Waals surface area (Å²) in [6, 6.07) is 0.738. The molecule has 2 atom stereocenters. The second kappa shape index (κ2) is 8.65. The number of hydrogen-bond acceptors (Lipinski definition) is 5. The Bertz CT molecular complexity index is 680. The van der Waals surface area contributed by atoms with E-state index < -0.39 is 24.2 Å². The lowest BCUT2D eigenvalue weighted by Crippen LogP contribution is -2.40. The second-order valence-electron chi connectivity index (χ2n) is 4.95. The van der Waals surface area contributed by atoms with Crippen LogP contribution < -0.4 is 5.32 Å². The molecule has 2 rings (SSSR count). The molecule has 0 spiro atoms. The number of imidazole rings is 1. The Hall–Kier alpha value is -2.36. The van der Waals surface area contributed by atoms with E-state index in [4.69, 9.17) is 4.52 Å². The summed E-state index contributed by atoms with van der Waals surface area (Å²) in [5.41, 5.74) is 0.310. The number of carbonyl (C=O) groups is 1. The predicted molar refractivity (Wildman–Crippen MR) is 82.7 cm³/mol. The third kappa shape index (κ3) is 5.31. The molecule has 140 valence electrons. The van der Waals surface area contributed by atoms with E-state index in [0.717, 1.165) is 0 Å². The van der Waals surface area contributed by atoms with Gasteiger partial charge in [0.25, 0.3) is 0 Å². The van der Waals surface area contributed by atoms with Crippen LogP contribution in [0.15, 0.2) is 23.0 Å². The van der Waals surface area contributed by atoms with Crippen molar-refractivity contribution < 1.29 is 27.6 Å². The largest absolute Gasteiger partial charge is 0.471 e. The summed E-state index contributed by atoms with van der Waals surface area (Å²) >= 11 is 0. The molecule has 1 amide bonds. The highest BCUT2D eigenvalue weighted by Gasteiger charge is 2.39. The Morgan fingerprint density at radius 2 is 2.08 bits per heavy atom. The summed E-state index contributed by atoms with van der Waals surface area (Å²) in [6.07, 6.45) is -3.05. The van der Waals surface area contributed by atoms with Crippen LogP contribution in [0.25, 0.3) is 0 Å². The molecule has 2 aromatic rings. The zero-order valence-corrected chi connectivity index (χ0v) is 14.3. The maximum Gasteiger partial charge on any atom is 0.471 e. The number of alkyl halides is 3. The highest BCUT2D eigenvalue weighted by atomic mass is 19.4. The van der Waals surface area contributed by atoms with Crippen molar-refractivity contribution in [3.05, 3.63) is 35.7 Å². The molecule has 0 radical (unpaired) electrons. The maximum absolute atomic E-state index is 12.4. The molecule has 0 aliphatic carbocycles. The lowest BCUT2D eigenvalue weighted by molar-refractivity contribution is -0.173. The summed E-state index contributed by atoms with van der Waals surface area (Å²) in [5, 5.41) is 15.3. The highest BCUT2D eigenvalue weighted by molar-refractivity contribution is 5.81. The van der Waals surface area contributed by atoms with E-state index in [9.17, 15) is 23.1 Å². The first-order valence-electron chi connectivity index (χ1n) is 7.69. The molecule has 0 aliphatic heterocycles. The van der Waals surface area contributed by atoms with Crippen LogP contribution in [0.4, 0.5) is 13.2 Å². The minimum atomic E-state index is -4.98. The molecule has 0 aromatic carbocycles. The van der Waals surface area contributed by atoms with Crippen LogP contribution in [-0.4, -0.2) is 38.4 Å². The molecular formula is C15H21F3N4O3. The highest BCUT2D eigenvalue weighted by Crippen LogP contribution is 2.23. The van der Waals surface area contributed by atoms with Gasteiger partial charge in [0.1, 0.15) is 23.4 Å². The van der Waals surface area contributed by atoms with Gasteiger partial charge in [-0.3, -0.25) is 4.79 Å². The molecular weight excluding hydrogens is 341 g/mol. The quantitative estimate of drug-likeness (QED) is 0.853. The van der Waals surface area contributed by atoms with Crippen LogP contribution in [0.3, 0.4) is 0 Å². The van der Waals surface area contributed by atoms with Crippen LogP contribution in [0.2, 0.25) is 0 Å². The molecule has 0 aliphatic rings. The van der Waals surface area contributed by atoms with Gasteiger partial charge in [-0.15, -0.1) is 0 Å². The van der Waals surface area contributed by atoms with Gasteiger partial charge in [-0.2, -0.15) is 13.2 Å². The van der Waals surface area contributed by atoms with Crippen molar-refractivity contribution in [2.45, 2.75) is 46.0 Å². The van der Waals surface area contributed by atoms with E-state index in [1.807, 2.05) is 19.2 Å². The number of nitrogens with zero attached hydrogens (tertiary/aromatic N) is 3. The molecule has 10 heteroatoms. The van der Waals surface area contributed by atoms with Crippen molar-refractivity contribution in [3.63, 3.8) is 0 Å². The zero-order chi connectivity index (χ0) is 19.2. The van der Waals surface area contributed by atoms with Gasteiger partial charge in [-0.05, 0) is 13.8 Å². The third-order valence-electron chi connectivity index (χ3n) is 3.11. The van der Waals surface area contributed by atoms with Gasteiger partial charge in [-0.1, -0.05) is 19.0 Å². The summed E-state index contributed by atoms with van der Waals surface area (Å²) in [6.45, 7) is 6.71. The van der Waals surface area contributed by atoms with E-state index >= 15 is 0 Å². The first-order chi connectivity index (χ1) is 11.7. The molecule has 2 heterocycles. The van der Waals surface area contributed by atoms with E-state index in [-0.39, 0.29) is 12.4 Å². The standard InChI is InChI=1S/C13H15F3N4O3.C2H6/c1-7-5-9(19-23-7)10(6-18-12(22)13(14,15)16)20-4-3-17-11(20)8(2)21;1-2/h3-5,8,10,21H,6H2,1-2H3,(H,18,22);1-2H3/t8-,10?;/m0./s1. The summed E-state index contributed by atoms with van der Waals surface area (Å²) in [5.74, 6) is -1.36. The maximum atomic E-state index is 12.4. The number of nitrogens with one attached hydrogen (secondary N) is 1. The SMILES string of the molecule is CC.Cc1cc(C(CNC(=O)C(F)(F)F)n2ccnc2[C@H](C)O)no1. The number of amides is 1. The Kier molecular flexibility index (Phi) is 7.16. The number of rotatable bonds is 5. The van der Waals surface area contributed by atoms with Crippen LogP contribution in [0.5, 0.6) is 0 Å². The van der Waals surface area contributed by atoms with Crippen molar-refractivity contribution in [1.82, 2.24) is 20.0 Å². The number of halogens is 3. The molecule has 25 heavy (non-hydrogen) atoms. The van der Waals surface area contributed by atoms with Gasteiger partial charge in [0.15, 0.2) is 0 Å². The van der Waals surface area contributed by atoms with Crippen molar-refractivity contribution in [3.8, 4) is 0 Å². The number of aliphatic hydroxyl groups is 1. The van der Waals surface area contributed by atoms with E-state index in [0.29, 0.717) is 11.5 Å². The fourth-order valence-corrected chi connectivity index (χ4v) is 2.09. The molecule has 7 nitrogen and oxygen atoms in total. The lowest BCUT2D eigenvalue weighted by Gasteiger charge is -2.20. The molecule has 0 saturated heterocycles. The average molecular weight is 362 g/mol. The average Bonchev–Trinajstić information content (AvgIpc) is 3.18. The van der Waals surface area contributed by atoms with Gasteiger partial charge in [0.2, 0.25) is 0 Å². The van der Waals surface area contributed by atoms with Crippen molar-refractivity contribution in [2.24, 2.45) is 0 Å². The van der Waals surface area contributed by atoms with Gasteiger partial charge < -0.3 is 19.5 Å². The predicted octanol–water partition coefficient (Wildman–Crippen LogP) is 2.53. The fourth-order valence-electron chi connectivity index (χ4n) is 2.09. The first-order valence-corrected chi connectivity index (χ1v) is 7.69. The van der Waals surface area contributed by atoms with Crippen molar-refractivity contribution >= 4 is 5.91 Å². The summed E-state index contributed by atoms with van der Waals surface area (Å²) in [7, 11) is 0. The zero-order valence-electron chi connectivity index (χ0n) is 14.3. The normalized spacial score (nSPS) is 13.6.